The van der Waals surface area contributed by atoms with E-state index in [-0.39, 0.29) is 0 Å². The largest absolute Gasteiger partial charge is 0.481 e. The molecule has 0 amide bonds. The van der Waals surface area contributed by atoms with Gasteiger partial charge in [-0.25, -0.2) is 0 Å². The average molecular weight is 268 g/mol. The molecule has 0 saturated carbocycles. The Morgan fingerprint density at radius 3 is 2.25 bits per heavy atom. The second-order valence-electron chi connectivity index (χ2n) is 5.79. The van der Waals surface area contributed by atoms with Crippen LogP contribution in [0.4, 0.5) is 0 Å². The maximum atomic E-state index is 11.2. The van der Waals surface area contributed by atoms with Gasteiger partial charge in [-0.1, -0.05) is 54.1 Å². The van der Waals surface area contributed by atoms with Crippen molar-refractivity contribution in [3.05, 3.63) is 70.8 Å². The summed E-state index contributed by atoms with van der Waals surface area (Å²) in [7, 11) is 0. The molecule has 0 aliphatic rings. The molecule has 0 bridgehead atoms. The Hall–Kier alpha value is -2.09. The molecule has 0 spiro atoms. The van der Waals surface area contributed by atoms with Gasteiger partial charge in [-0.3, -0.25) is 4.79 Å². The minimum Gasteiger partial charge on any atom is -0.481 e. The summed E-state index contributed by atoms with van der Waals surface area (Å²) in [5.41, 5.74) is 3.71. The van der Waals surface area contributed by atoms with E-state index in [1.54, 1.807) is 13.8 Å². The minimum atomic E-state index is -0.845. The lowest BCUT2D eigenvalue weighted by molar-refractivity contribution is -0.142. The van der Waals surface area contributed by atoms with Crippen LogP contribution in [0.15, 0.2) is 48.5 Å². The normalized spacial score (nSPS) is 11.3. The van der Waals surface area contributed by atoms with Crippen LogP contribution in [0, 0.1) is 6.92 Å². The summed E-state index contributed by atoms with van der Waals surface area (Å²) in [5, 5.41) is 9.23. The number of hydrogen-bond donors (Lipinski definition) is 1. The highest BCUT2D eigenvalue weighted by molar-refractivity contribution is 5.80. The molecule has 20 heavy (non-hydrogen) atoms. The molecule has 0 aromatic heterocycles. The topological polar surface area (TPSA) is 37.3 Å². The predicted octanol–water partition coefficient (Wildman–Crippen LogP) is 3.95. The highest BCUT2D eigenvalue weighted by atomic mass is 16.4. The molecule has 2 aromatic carbocycles. The quantitative estimate of drug-likeness (QED) is 0.911. The number of aryl methyl sites for hydroxylation is 1. The molecule has 2 rings (SSSR count). The van der Waals surface area contributed by atoms with Gasteiger partial charge in [0.1, 0.15) is 0 Å². The van der Waals surface area contributed by atoms with E-state index in [0.29, 0.717) is 0 Å². The molecule has 0 saturated heterocycles. The van der Waals surface area contributed by atoms with Gasteiger partial charge in [-0.05, 0) is 43.9 Å². The first-order valence-electron chi connectivity index (χ1n) is 6.78. The average Bonchev–Trinajstić information content (AvgIpc) is 2.39. The lowest BCUT2D eigenvalue weighted by atomic mass is 9.84. The first kappa shape index (κ1) is 14.3. The van der Waals surface area contributed by atoms with Crippen molar-refractivity contribution in [1.29, 1.82) is 0 Å². The lowest BCUT2D eigenvalue weighted by Gasteiger charge is -2.19. The summed E-state index contributed by atoms with van der Waals surface area (Å²) < 4.78 is 0. The van der Waals surface area contributed by atoms with Crippen LogP contribution in [0.3, 0.4) is 0 Å². The molecule has 2 heteroatoms. The third-order valence-electron chi connectivity index (χ3n) is 3.70. The Labute approximate surface area is 120 Å². The van der Waals surface area contributed by atoms with Crippen LogP contribution in [0.2, 0.25) is 0 Å². The summed E-state index contributed by atoms with van der Waals surface area (Å²) in [6, 6.07) is 16.3. The molecule has 0 atom stereocenters. The van der Waals surface area contributed by atoms with E-state index in [2.05, 4.69) is 31.2 Å². The van der Waals surface area contributed by atoms with Crippen molar-refractivity contribution < 1.29 is 9.90 Å². The zero-order valence-corrected chi connectivity index (χ0v) is 12.2. The monoisotopic (exact) mass is 268 g/mol. The van der Waals surface area contributed by atoms with Gasteiger partial charge in [0.05, 0.1) is 5.41 Å². The van der Waals surface area contributed by atoms with Crippen molar-refractivity contribution in [2.75, 3.05) is 0 Å². The van der Waals surface area contributed by atoms with Crippen LogP contribution in [-0.2, 0) is 16.6 Å². The molecule has 0 heterocycles. The third-order valence-corrected chi connectivity index (χ3v) is 3.70. The fourth-order valence-corrected chi connectivity index (χ4v) is 2.22. The Morgan fingerprint density at radius 2 is 1.70 bits per heavy atom. The number of benzene rings is 2. The van der Waals surface area contributed by atoms with E-state index in [9.17, 15) is 9.90 Å². The summed E-state index contributed by atoms with van der Waals surface area (Å²) in [4.78, 5) is 11.2. The van der Waals surface area contributed by atoms with Crippen LogP contribution >= 0.6 is 0 Å². The standard InChI is InChI=1S/C18H20O2/c1-13-5-4-6-15(11-13)12-14-7-9-16(10-8-14)18(2,3)17(19)20/h4-11H,12H2,1-3H3,(H,19,20). The summed E-state index contributed by atoms with van der Waals surface area (Å²) in [6.07, 6.45) is 0.870. The molecule has 1 N–H and O–H groups in total. The van der Waals surface area contributed by atoms with Crippen LogP contribution < -0.4 is 0 Å². The number of carbonyl (C=O) groups is 1. The first-order chi connectivity index (χ1) is 9.39. The van der Waals surface area contributed by atoms with Crippen molar-refractivity contribution >= 4 is 5.97 Å². The number of aliphatic carboxylic acids is 1. The first-order valence-corrected chi connectivity index (χ1v) is 6.78. The molecule has 0 unspecified atom stereocenters. The van der Waals surface area contributed by atoms with Crippen molar-refractivity contribution in [1.82, 2.24) is 0 Å². The number of hydrogen-bond acceptors (Lipinski definition) is 1. The lowest BCUT2D eigenvalue weighted by Crippen LogP contribution is -2.28. The maximum Gasteiger partial charge on any atom is 0.313 e. The summed E-state index contributed by atoms with van der Waals surface area (Å²) in [5.74, 6) is -0.802. The molecule has 0 fully saturated rings. The second-order valence-corrected chi connectivity index (χ2v) is 5.79. The van der Waals surface area contributed by atoms with Gasteiger partial charge in [0.2, 0.25) is 0 Å². The van der Waals surface area contributed by atoms with Crippen molar-refractivity contribution in [2.45, 2.75) is 32.6 Å². The van der Waals surface area contributed by atoms with E-state index in [1.807, 2.05) is 24.3 Å². The van der Waals surface area contributed by atoms with E-state index in [4.69, 9.17) is 0 Å². The van der Waals surface area contributed by atoms with Gasteiger partial charge in [-0.2, -0.15) is 0 Å². The molecule has 0 radical (unpaired) electrons. The Morgan fingerprint density at radius 1 is 1.05 bits per heavy atom. The zero-order chi connectivity index (χ0) is 14.8. The summed E-state index contributed by atoms with van der Waals surface area (Å²) in [6.45, 7) is 5.54. The Balaban J connectivity index is 2.19. The fraction of sp³-hybridized carbons (Fsp3) is 0.278. The fourth-order valence-electron chi connectivity index (χ4n) is 2.22. The van der Waals surface area contributed by atoms with Gasteiger partial charge < -0.3 is 5.11 Å². The van der Waals surface area contributed by atoms with E-state index in [0.717, 1.165) is 12.0 Å². The smallest absolute Gasteiger partial charge is 0.313 e. The van der Waals surface area contributed by atoms with Crippen LogP contribution in [0.5, 0.6) is 0 Å². The molecule has 104 valence electrons. The Bertz CT molecular complexity index is 610. The van der Waals surface area contributed by atoms with Crippen LogP contribution in [0.1, 0.15) is 36.1 Å². The Kier molecular flexibility index (Phi) is 3.93. The SMILES string of the molecule is Cc1cccc(Cc2ccc(C(C)(C)C(=O)O)cc2)c1. The molecule has 2 aromatic rings. The molecule has 0 aliphatic carbocycles. The van der Waals surface area contributed by atoms with Gasteiger partial charge in [0, 0.05) is 0 Å². The van der Waals surface area contributed by atoms with E-state index in [1.165, 1.54) is 16.7 Å². The van der Waals surface area contributed by atoms with Crippen molar-refractivity contribution in [3.8, 4) is 0 Å². The molecular formula is C18H20O2. The van der Waals surface area contributed by atoms with Crippen molar-refractivity contribution in [3.63, 3.8) is 0 Å². The van der Waals surface area contributed by atoms with Gasteiger partial charge >= 0.3 is 5.97 Å². The van der Waals surface area contributed by atoms with Crippen LogP contribution in [-0.4, -0.2) is 11.1 Å². The minimum absolute atomic E-state index is 0.802. The summed E-state index contributed by atoms with van der Waals surface area (Å²) >= 11 is 0. The van der Waals surface area contributed by atoms with Gasteiger partial charge in [0.25, 0.3) is 0 Å². The zero-order valence-electron chi connectivity index (χ0n) is 12.2. The highest BCUT2D eigenvalue weighted by Gasteiger charge is 2.28. The van der Waals surface area contributed by atoms with Crippen molar-refractivity contribution in [2.24, 2.45) is 0 Å². The predicted molar refractivity (Wildman–Crippen MR) is 81.1 cm³/mol. The maximum absolute atomic E-state index is 11.2. The molecule has 2 nitrogen and oxygen atoms in total. The number of rotatable bonds is 4. The molecule has 0 aliphatic heterocycles. The molecular weight excluding hydrogens is 248 g/mol. The van der Waals surface area contributed by atoms with E-state index >= 15 is 0 Å². The number of carboxylic acids is 1. The number of carboxylic acid groups (broad SMARTS) is 1. The second kappa shape index (κ2) is 5.49. The van der Waals surface area contributed by atoms with E-state index < -0.39 is 11.4 Å². The van der Waals surface area contributed by atoms with Gasteiger partial charge in [-0.15, -0.1) is 0 Å². The third kappa shape index (κ3) is 3.08. The van der Waals surface area contributed by atoms with Crippen LogP contribution in [0.25, 0.3) is 0 Å². The van der Waals surface area contributed by atoms with Gasteiger partial charge in [0.15, 0.2) is 0 Å². The highest BCUT2D eigenvalue weighted by Crippen LogP contribution is 2.24.